The van der Waals surface area contributed by atoms with Crippen molar-refractivity contribution in [2.24, 2.45) is 0 Å². The van der Waals surface area contributed by atoms with E-state index in [1.54, 1.807) is 12.1 Å². The van der Waals surface area contributed by atoms with Gasteiger partial charge in [0.2, 0.25) is 0 Å². The van der Waals surface area contributed by atoms with E-state index in [1.807, 2.05) is 42.5 Å². The van der Waals surface area contributed by atoms with Crippen LogP contribution in [0.3, 0.4) is 0 Å². The van der Waals surface area contributed by atoms with Gasteiger partial charge >= 0.3 is 0 Å². The Morgan fingerprint density at radius 1 is 0.958 bits per heavy atom. The molecule has 2 aromatic carbocycles. The first kappa shape index (κ1) is 16.5. The average molecular weight is 324 g/mol. The van der Waals surface area contributed by atoms with Gasteiger partial charge in [0, 0.05) is 17.8 Å². The summed E-state index contributed by atoms with van der Waals surface area (Å²) in [5, 5.41) is 2.88. The number of carbonyl (C=O) groups is 1. The summed E-state index contributed by atoms with van der Waals surface area (Å²) in [6, 6.07) is 16.8. The summed E-state index contributed by atoms with van der Waals surface area (Å²) in [5.41, 5.74) is 1.42. The summed E-state index contributed by atoms with van der Waals surface area (Å²) in [4.78, 5) is 14.6. The third-order valence-corrected chi connectivity index (χ3v) is 4.27. The van der Waals surface area contributed by atoms with Crippen molar-refractivity contribution >= 4 is 11.6 Å². The molecule has 24 heavy (non-hydrogen) atoms. The predicted octanol–water partition coefficient (Wildman–Crippen LogP) is 3.80. The van der Waals surface area contributed by atoms with Crippen LogP contribution in [-0.2, 0) is 0 Å². The molecule has 1 aliphatic heterocycles. The molecule has 0 saturated carbocycles. The minimum Gasteiger partial charge on any atom is -0.492 e. The molecule has 0 spiro atoms. The molecule has 126 valence electrons. The summed E-state index contributed by atoms with van der Waals surface area (Å²) in [6.45, 7) is 4.02. The van der Waals surface area contributed by atoms with Gasteiger partial charge in [0.1, 0.15) is 12.4 Å². The predicted molar refractivity (Wildman–Crippen MR) is 96.6 cm³/mol. The Kier molecular flexibility index (Phi) is 5.85. The standard InChI is InChI=1S/C20H24N2O2/c23-20(21-18-7-3-1-4-8-18)17-9-11-19(12-10-17)24-16-15-22-13-5-2-6-14-22/h1,3-4,7-12H,2,5-6,13-16H2,(H,21,23). The maximum absolute atomic E-state index is 12.2. The van der Waals surface area contributed by atoms with Gasteiger partial charge in [-0.2, -0.15) is 0 Å². The van der Waals surface area contributed by atoms with Crippen molar-refractivity contribution in [3.05, 3.63) is 60.2 Å². The molecular formula is C20H24N2O2. The number of ether oxygens (including phenoxy) is 1. The number of anilines is 1. The van der Waals surface area contributed by atoms with E-state index >= 15 is 0 Å². The fraction of sp³-hybridized carbons (Fsp3) is 0.350. The van der Waals surface area contributed by atoms with E-state index in [0.29, 0.717) is 12.2 Å². The number of hydrogen-bond donors (Lipinski definition) is 1. The number of likely N-dealkylation sites (tertiary alicyclic amines) is 1. The molecule has 0 aliphatic carbocycles. The Hall–Kier alpha value is -2.33. The number of nitrogens with one attached hydrogen (secondary N) is 1. The number of carbonyl (C=O) groups excluding carboxylic acids is 1. The monoisotopic (exact) mass is 324 g/mol. The highest BCUT2D eigenvalue weighted by molar-refractivity contribution is 6.04. The van der Waals surface area contributed by atoms with Crippen molar-refractivity contribution < 1.29 is 9.53 Å². The molecule has 0 atom stereocenters. The van der Waals surface area contributed by atoms with E-state index in [0.717, 1.165) is 18.0 Å². The number of hydrogen-bond acceptors (Lipinski definition) is 3. The van der Waals surface area contributed by atoms with Crippen molar-refractivity contribution in [3.63, 3.8) is 0 Å². The smallest absolute Gasteiger partial charge is 0.255 e. The first-order chi connectivity index (χ1) is 11.8. The summed E-state index contributed by atoms with van der Waals surface area (Å²) >= 11 is 0. The summed E-state index contributed by atoms with van der Waals surface area (Å²) < 4.78 is 5.79. The van der Waals surface area contributed by atoms with Crippen LogP contribution in [-0.4, -0.2) is 37.0 Å². The number of rotatable bonds is 6. The van der Waals surface area contributed by atoms with E-state index in [2.05, 4.69) is 10.2 Å². The van der Waals surface area contributed by atoms with Crippen LogP contribution in [0.2, 0.25) is 0 Å². The third kappa shape index (κ3) is 4.83. The van der Waals surface area contributed by atoms with Crippen LogP contribution in [0.15, 0.2) is 54.6 Å². The van der Waals surface area contributed by atoms with Crippen molar-refractivity contribution in [2.45, 2.75) is 19.3 Å². The Morgan fingerprint density at radius 3 is 2.38 bits per heavy atom. The highest BCUT2D eigenvalue weighted by Crippen LogP contribution is 2.15. The Labute approximate surface area is 143 Å². The quantitative estimate of drug-likeness (QED) is 0.878. The fourth-order valence-electron chi connectivity index (χ4n) is 2.90. The summed E-state index contributed by atoms with van der Waals surface area (Å²) in [5.74, 6) is 0.698. The lowest BCUT2D eigenvalue weighted by Crippen LogP contribution is -2.33. The minimum absolute atomic E-state index is 0.110. The lowest BCUT2D eigenvalue weighted by Gasteiger charge is -2.26. The highest BCUT2D eigenvalue weighted by Gasteiger charge is 2.10. The second-order valence-electron chi connectivity index (χ2n) is 6.10. The Bertz CT molecular complexity index is 634. The first-order valence-corrected chi connectivity index (χ1v) is 8.63. The van der Waals surface area contributed by atoms with Gasteiger partial charge in [0.15, 0.2) is 0 Å². The molecule has 1 amide bonds. The van der Waals surface area contributed by atoms with Crippen molar-refractivity contribution in [1.82, 2.24) is 4.90 Å². The molecule has 1 N–H and O–H groups in total. The van der Waals surface area contributed by atoms with E-state index in [-0.39, 0.29) is 5.91 Å². The molecule has 4 heteroatoms. The number of para-hydroxylation sites is 1. The first-order valence-electron chi connectivity index (χ1n) is 8.63. The van der Waals surface area contributed by atoms with Gasteiger partial charge in [0.05, 0.1) is 0 Å². The van der Waals surface area contributed by atoms with Crippen LogP contribution in [0.4, 0.5) is 5.69 Å². The molecular weight excluding hydrogens is 300 g/mol. The highest BCUT2D eigenvalue weighted by atomic mass is 16.5. The molecule has 4 nitrogen and oxygen atoms in total. The fourth-order valence-corrected chi connectivity index (χ4v) is 2.90. The molecule has 0 radical (unpaired) electrons. The number of nitrogens with zero attached hydrogens (tertiary/aromatic N) is 1. The van der Waals surface area contributed by atoms with Crippen molar-refractivity contribution in [2.75, 3.05) is 31.6 Å². The lowest BCUT2D eigenvalue weighted by molar-refractivity contribution is 0.102. The molecule has 2 aromatic rings. The lowest BCUT2D eigenvalue weighted by atomic mass is 10.1. The zero-order valence-electron chi connectivity index (χ0n) is 13.9. The SMILES string of the molecule is O=C(Nc1ccccc1)c1ccc(OCCN2CCCCC2)cc1. The van der Waals surface area contributed by atoms with Crippen molar-refractivity contribution in [1.29, 1.82) is 0 Å². The van der Waals surface area contributed by atoms with E-state index in [1.165, 1.54) is 32.4 Å². The van der Waals surface area contributed by atoms with Gasteiger partial charge in [-0.1, -0.05) is 24.6 Å². The largest absolute Gasteiger partial charge is 0.492 e. The van der Waals surface area contributed by atoms with Gasteiger partial charge < -0.3 is 10.1 Å². The number of piperidine rings is 1. The zero-order chi connectivity index (χ0) is 16.6. The molecule has 1 aliphatic rings. The minimum atomic E-state index is -0.110. The van der Waals surface area contributed by atoms with Gasteiger partial charge in [-0.15, -0.1) is 0 Å². The maximum atomic E-state index is 12.2. The molecule has 1 heterocycles. The topological polar surface area (TPSA) is 41.6 Å². The van der Waals surface area contributed by atoms with E-state index < -0.39 is 0 Å². The molecule has 3 rings (SSSR count). The molecule has 0 bridgehead atoms. The Balaban J connectivity index is 1.47. The van der Waals surface area contributed by atoms with Gasteiger partial charge in [-0.25, -0.2) is 0 Å². The zero-order valence-corrected chi connectivity index (χ0v) is 13.9. The van der Waals surface area contributed by atoms with Gasteiger partial charge in [-0.05, 0) is 62.3 Å². The van der Waals surface area contributed by atoms with Gasteiger partial charge in [-0.3, -0.25) is 9.69 Å². The molecule has 0 aromatic heterocycles. The normalized spacial score (nSPS) is 15.0. The molecule has 1 saturated heterocycles. The average Bonchev–Trinajstić information content (AvgIpc) is 2.64. The van der Waals surface area contributed by atoms with Crippen LogP contribution in [0.5, 0.6) is 5.75 Å². The second-order valence-corrected chi connectivity index (χ2v) is 6.10. The van der Waals surface area contributed by atoms with Crippen molar-refractivity contribution in [3.8, 4) is 5.75 Å². The number of benzene rings is 2. The van der Waals surface area contributed by atoms with Crippen LogP contribution in [0.25, 0.3) is 0 Å². The van der Waals surface area contributed by atoms with Crippen LogP contribution in [0.1, 0.15) is 29.6 Å². The molecule has 0 unspecified atom stereocenters. The molecule has 1 fully saturated rings. The van der Waals surface area contributed by atoms with Crippen LogP contribution in [0, 0.1) is 0 Å². The van der Waals surface area contributed by atoms with Crippen LogP contribution < -0.4 is 10.1 Å². The van der Waals surface area contributed by atoms with Crippen LogP contribution >= 0.6 is 0 Å². The second kappa shape index (κ2) is 8.50. The number of amides is 1. The van der Waals surface area contributed by atoms with E-state index in [9.17, 15) is 4.79 Å². The summed E-state index contributed by atoms with van der Waals surface area (Å²) in [6.07, 6.45) is 3.94. The van der Waals surface area contributed by atoms with E-state index in [4.69, 9.17) is 4.74 Å². The third-order valence-electron chi connectivity index (χ3n) is 4.27. The van der Waals surface area contributed by atoms with Gasteiger partial charge in [0.25, 0.3) is 5.91 Å². The summed E-state index contributed by atoms with van der Waals surface area (Å²) in [7, 11) is 0. The Morgan fingerprint density at radius 2 is 1.67 bits per heavy atom. The maximum Gasteiger partial charge on any atom is 0.255 e.